The lowest BCUT2D eigenvalue weighted by atomic mass is 10.1. The molecule has 0 saturated heterocycles. The summed E-state index contributed by atoms with van der Waals surface area (Å²) in [6, 6.07) is 13.2. The van der Waals surface area contributed by atoms with Crippen LogP contribution in [-0.2, 0) is 17.8 Å². The molecule has 2 rings (SSSR count). The molecule has 0 unspecified atom stereocenters. The van der Waals surface area contributed by atoms with E-state index in [9.17, 15) is 4.79 Å². The first-order valence-electron chi connectivity index (χ1n) is 7.99. The Labute approximate surface area is 142 Å². The van der Waals surface area contributed by atoms with E-state index in [4.69, 9.17) is 9.68 Å². The maximum Gasteiger partial charge on any atom is 0.267 e. The summed E-state index contributed by atoms with van der Waals surface area (Å²) >= 11 is 0. The number of hydrogen-bond acceptors (Lipinski definition) is 4. The van der Waals surface area contributed by atoms with Gasteiger partial charge >= 0.3 is 0 Å². The molecule has 1 aromatic carbocycles. The topological polar surface area (TPSA) is 78.1 Å². The molecule has 2 N–H and O–H groups in total. The minimum atomic E-state index is -0.439. The van der Waals surface area contributed by atoms with Gasteiger partial charge in [0.2, 0.25) is 0 Å². The third kappa shape index (κ3) is 5.33. The molecule has 0 radical (unpaired) electrons. The van der Waals surface area contributed by atoms with Gasteiger partial charge in [-0.2, -0.15) is 5.26 Å². The lowest BCUT2D eigenvalue weighted by Crippen LogP contribution is -2.16. The van der Waals surface area contributed by atoms with Crippen LogP contribution in [0, 0.1) is 11.3 Å². The molecule has 0 aliphatic carbocycles. The predicted molar refractivity (Wildman–Crippen MR) is 92.9 cm³/mol. The normalized spacial score (nSPS) is 10.9. The zero-order chi connectivity index (χ0) is 17.2. The summed E-state index contributed by atoms with van der Waals surface area (Å²) in [7, 11) is 0. The third-order valence-electron chi connectivity index (χ3n) is 3.50. The van der Waals surface area contributed by atoms with Gasteiger partial charge in [0.05, 0.1) is 12.8 Å². The Bertz CT molecular complexity index is 710. The fraction of sp³-hybridized carbons (Fsp3) is 0.263. The highest BCUT2D eigenvalue weighted by Crippen LogP contribution is 2.12. The first kappa shape index (κ1) is 17.4. The van der Waals surface area contributed by atoms with Crippen molar-refractivity contribution < 1.29 is 9.21 Å². The van der Waals surface area contributed by atoms with Gasteiger partial charge < -0.3 is 15.1 Å². The van der Waals surface area contributed by atoms with Gasteiger partial charge in [-0.1, -0.05) is 25.5 Å². The molecule has 24 heavy (non-hydrogen) atoms. The zero-order valence-corrected chi connectivity index (χ0v) is 13.7. The van der Waals surface area contributed by atoms with Crippen molar-refractivity contribution in [2.45, 2.75) is 32.7 Å². The second-order valence-corrected chi connectivity index (χ2v) is 5.38. The first-order valence-corrected chi connectivity index (χ1v) is 7.99. The maximum atomic E-state index is 12.1. The highest BCUT2D eigenvalue weighted by Gasteiger charge is 2.09. The van der Waals surface area contributed by atoms with E-state index in [0.717, 1.165) is 25.0 Å². The van der Waals surface area contributed by atoms with E-state index in [2.05, 4.69) is 17.6 Å². The summed E-state index contributed by atoms with van der Waals surface area (Å²) in [5.41, 5.74) is 1.93. The Balaban J connectivity index is 1.90. The number of rotatable bonds is 8. The van der Waals surface area contributed by atoms with Crippen LogP contribution in [0.4, 0.5) is 5.69 Å². The molecule has 0 fully saturated rings. The predicted octanol–water partition coefficient (Wildman–Crippen LogP) is 3.76. The number of aryl methyl sites for hydroxylation is 1. The standard InChI is InChI=1S/C19H21N3O2/c1-2-3-5-15-7-9-17(10-8-15)22-19(23)16(12-20)13-21-14-18-6-4-11-24-18/h4,6-11,13,21H,2-3,5,14H2,1H3,(H,22,23)/b16-13-. The number of amides is 1. The van der Waals surface area contributed by atoms with Gasteiger partial charge in [-0.3, -0.25) is 4.79 Å². The molecule has 1 aromatic heterocycles. The molecular weight excluding hydrogens is 302 g/mol. The molecule has 1 amide bonds. The van der Waals surface area contributed by atoms with Gasteiger partial charge in [-0.25, -0.2) is 0 Å². The summed E-state index contributed by atoms with van der Waals surface area (Å²) < 4.78 is 5.17. The van der Waals surface area contributed by atoms with Crippen molar-refractivity contribution >= 4 is 11.6 Å². The molecule has 2 aromatic rings. The fourth-order valence-corrected chi connectivity index (χ4v) is 2.15. The minimum absolute atomic E-state index is 0.0108. The highest BCUT2D eigenvalue weighted by atomic mass is 16.3. The summed E-state index contributed by atoms with van der Waals surface area (Å²) in [5, 5.41) is 14.8. The van der Waals surface area contributed by atoms with Crippen LogP contribution < -0.4 is 10.6 Å². The summed E-state index contributed by atoms with van der Waals surface area (Å²) in [4.78, 5) is 12.1. The van der Waals surface area contributed by atoms with Crippen LogP contribution in [-0.4, -0.2) is 5.91 Å². The molecular formula is C19H21N3O2. The number of nitriles is 1. The first-order chi connectivity index (χ1) is 11.7. The molecule has 5 heteroatoms. The fourth-order valence-electron chi connectivity index (χ4n) is 2.15. The van der Waals surface area contributed by atoms with E-state index < -0.39 is 5.91 Å². The molecule has 0 spiro atoms. The van der Waals surface area contributed by atoms with E-state index in [1.807, 2.05) is 36.4 Å². The molecule has 0 bridgehead atoms. The molecule has 5 nitrogen and oxygen atoms in total. The van der Waals surface area contributed by atoms with E-state index in [1.54, 1.807) is 12.3 Å². The van der Waals surface area contributed by atoms with Crippen LogP contribution in [0.1, 0.15) is 31.1 Å². The molecule has 0 aliphatic rings. The zero-order valence-electron chi connectivity index (χ0n) is 13.7. The van der Waals surface area contributed by atoms with Crippen molar-refractivity contribution in [1.29, 1.82) is 5.26 Å². The van der Waals surface area contributed by atoms with Crippen LogP contribution in [0.25, 0.3) is 0 Å². The number of nitrogens with one attached hydrogen (secondary N) is 2. The molecule has 0 atom stereocenters. The lowest BCUT2D eigenvalue weighted by Gasteiger charge is -2.06. The van der Waals surface area contributed by atoms with Crippen LogP contribution in [0.15, 0.2) is 58.9 Å². The van der Waals surface area contributed by atoms with Crippen LogP contribution in [0.2, 0.25) is 0 Å². The van der Waals surface area contributed by atoms with E-state index in [0.29, 0.717) is 12.2 Å². The van der Waals surface area contributed by atoms with Crippen LogP contribution in [0.5, 0.6) is 0 Å². The lowest BCUT2D eigenvalue weighted by molar-refractivity contribution is -0.112. The van der Waals surface area contributed by atoms with Gasteiger partial charge in [0.25, 0.3) is 5.91 Å². The summed E-state index contributed by atoms with van der Waals surface area (Å²) in [5.74, 6) is 0.289. The van der Waals surface area contributed by atoms with Gasteiger partial charge in [-0.15, -0.1) is 0 Å². The quantitative estimate of drug-likeness (QED) is 0.573. The van der Waals surface area contributed by atoms with Gasteiger partial charge in [-0.05, 0) is 42.7 Å². The van der Waals surface area contributed by atoms with Crippen molar-refractivity contribution in [2.75, 3.05) is 5.32 Å². The molecule has 1 heterocycles. The smallest absolute Gasteiger partial charge is 0.267 e. The average Bonchev–Trinajstić information content (AvgIpc) is 3.11. The highest BCUT2D eigenvalue weighted by molar-refractivity contribution is 6.06. The van der Waals surface area contributed by atoms with E-state index in [-0.39, 0.29) is 5.57 Å². The van der Waals surface area contributed by atoms with Crippen LogP contribution >= 0.6 is 0 Å². The number of unbranched alkanes of at least 4 members (excludes halogenated alkanes) is 1. The van der Waals surface area contributed by atoms with E-state index >= 15 is 0 Å². The molecule has 0 aliphatic heterocycles. The number of carbonyl (C=O) groups excluding carboxylic acids is 1. The van der Waals surface area contributed by atoms with E-state index in [1.165, 1.54) is 11.8 Å². The molecule has 124 valence electrons. The number of carbonyl (C=O) groups is 1. The Morgan fingerprint density at radius 2 is 2.08 bits per heavy atom. The number of anilines is 1. The second kappa shape index (κ2) is 9.21. The van der Waals surface area contributed by atoms with Gasteiger partial charge in [0.1, 0.15) is 17.4 Å². The van der Waals surface area contributed by atoms with Gasteiger partial charge in [0, 0.05) is 11.9 Å². The summed E-state index contributed by atoms with van der Waals surface area (Å²) in [6.07, 6.45) is 6.30. The number of nitrogens with zero attached hydrogens (tertiary/aromatic N) is 1. The van der Waals surface area contributed by atoms with Crippen molar-refractivity contribution in [2.24, 2.45) is 0 Å². The maximum absolute atomic E-state index is 12.1. The Hall–Kier alpha value is -3.00. The van der Waals surface area contributed by atoms with Crippen molar-refractivity contribution in [3.8, 4) is 6.07 Å². The second-order valence-electron chi connectivity index (χ2n) is 5.38. The van der Waals surface area contributed by atoms with Crippen molar-refractivity contribution in [3.63, 3.8) is 0 Å². The number of hydrogen-bond donors (Lipinski definition) is 2. The minimum Gasteiger partial charge on any atom is -0.467 e. The SMILES string of the molecule is CCCCc1ccc(NC(=O)/C(C#N)=C\NCc2ccco2)cc1. The average molecular weight is 323 g/mol. The third-order valence-corrected chi connectivity index (χ3v) is 3.50. The number of furan rings is 1. The Kier molecular flexibility index (Phi) is 6.66. The Morgan fingerprint density at radius 3 is 2.71 bits per heavy atom. The monoisotopic (exact) mass is 323 g/mol. The molecule has 0 saturated carbocycles. The summed E-state index contributed by atoms with van der Waals surface area (Å²) in [6.45, 7) is 2.57. The van der Waals surface area contributed by atoms with Crippen LogP contribution in [0.3, 0.4) is 0 Å². The van der Waals surface area contributed by atoms with Gasteiger partial charge in [0.15, 0.2) is 0 Å². The number of benzene rings is 1. The largest absolute Gasteiger partial charge is 0.467 e. The Morgan fingerprint density at radius 1 is 1.29 bits per heavy atom. The van der Waals surface area contributed by atoms with Crippen molar-refractivity contribution in [1.82, 2.24) is 5.32 Å². The van der Waals surface area contributed by atoms with Crippen molar-refractivity contribution in [3.05, 3.63) is 65.8 Å².